The Balaban J connectivity index is 2.95. The maximum Gasteiger partial charge on any atom is 0.229 e. The number of nitriles is 1. The maximum atomic E-state index is 12.1. The van der Waals surface area contributed by atoms with E-state index in [2.05, 4.69) is 11.4 Å². The van der Waals surface area contributed by atoms with Gasteiger partial charge in [0, 0.05) is 6.54 Å². The number of anilines is 1. The molecule has 1 aromatic rings. The molecular weight excluding hydrogens is 226 g/mol. The number of rotatable bonds is 4. The number of carbonyl (C=O) groups excluding carboxylic acids is 1. The largest absolute Gasteiger partial charge is 0.330 e. The highest BCUT2D eigenvalue weighted by Crippen LogP contribution is 2.20. The Bertz CT molecular complexity index is 474. The molecule has 0 fully saturated rings. The zero-order valence-corrected chi connectivity index (χ0v) is 11.0. The second kappa shape index (κ2) is 6.18. The minimum Gasteiger partial charge on any atom is -0.330 e. The van der Waals surface area contributed by atoms with Gasteiger partial charge in [0.15, 0.2) is 0 Å². The van der Waals surface area contributed by atoms with Crippen LogP contribution in [0.15, 0.2) is 18.2 Å². The molecular formula is C14H19N3O. The molecule has 0 bridgehead atoms. The van der Waals surface area contributed by atoms with Crippen LogP contribution in [0.2, 0.25) is 0 Å². The Hall–Kier alpha value is -1.86. The van der Waals surface area contributed by atoms with E-state index in [4.69, 9.17) is 11.0 Å². The summed E-state index contributed by atoms with van der Waals surface area (Å²) >= 11 is 0. The highest BCUT2D eigenvalue weighted by atomic mass is 16.1. The van der Waals surface area contributed by atoms with E-state index in [-0.39, 0.29) is 17.7 Å². The minimum absolute atomic E-state index is 0.130. The molecule has 1 aromatic carbocycles. The van der Waals surface area contributed by atoms with Gasteiger partial charge < -0.3 is 11.1 Å². The summed E-state index contributed by atoms with van der Waals surface area (Å²) in [7, 11) is 0. The molecule has 1 unspecified atom stereocenters. The van der Waals surface area contributed by atoms with Crippen LogP contribution in [0.4, 0.5) is 5.69 Å². The fraction of sp³-hybridized carbons (Fsp3) is 0.429. The van der Waals surface area contributed by atoms with Gasteiger partial charge in [-0.3, -0.25) is 4.79 Å². The molecule has 0 aliphatic heterocycles. The molecule has 1 rings (SSSR count). The van der Waals surface area contributed by atoms with E-state index in [0.29, 0.717) is 17.8 Å². The predicted octanol–water partition coefficient (Wildman–Crippen LogP) is 2.04. The van der Waals surface area contributed by atoms with Gasteiger partial charge in [0.05, 0.1) is 17.2 Å². The highest BCUT2D eigenvalue weighted by Gasteiger charge is 2.21. The van der Waals surface area contributed by atoms with Gasteiger partial charge in [0.1, 0.15) is 6.07 Å². The molecule has 0 aromatic heterocycles. The molecule has 0 spiro atoms. The van der Waals surface area contributed by atoms with Crippen LogP contribution in [0.3, 0.4) is 0 Å². The van der Waals surface area contributed by atoms with Gasteiger partial charge in [-0.2, -0.15) is 5.26 Å². The van der Waals surface area contributed by atoms with Crippen molar-refractivity contribution in [2.75, 3.05) is 11.9 Å². The Morgan fingerprint density at radius 1 is 1.50 bits per heavy atom. The first-order chi connectivity index (χ1) is 8.51. The average Bonchev–Trinajstić information content (AvgIpc) is 2.29. The van der Waals surface area contributed by atoms with Crippen LogP contribution in [-0.2, 0) is 4.79 Å². The van der Waals surface area contributed by atoms with E-state index in [1.54, 1.807) is 6.07 Å². The van der Waals surface area contributed by atoms with Crippen LogP contribution in [0.1, 0.15) is 25.0 Å². The number of carbonyl (C=O) groups is 1. The van der Waals surface area contributed by atoms with Crippen molar-refractivity contribution in [3.8, 4) is 6.07 Å². The average molecular weight is 245 g/mol. The summed E-state index contributed by atoms with van der Waals surface area (Å²) < 4.78 is 0. The van der Waals surface area contributed by atoms with Crippen molar-refractivity contribution in [2.24, 2.45) is 17.6 Å². The molecule has 0 radical (unpaired) electrons. The third-order valence-corrected chi connectivity index (χ3v) is 3.04. The Morgan fingerprint density at radius 2 is 2.17 bits per heavy atom. The van der Waals surface area contributed by atoms with E-state index in [1.807, 2.05) is 32.9 Å². The summed E-state index contributed by atoms with van der Waals surface area (Å²) in [4.78, 5) is 12.1. The number of hydrogen-bond acceptors (Lipinski definition) is 3. The summed E-state index contributed by atoms with van der Waals surface area (Å²) in [6, 6.07) is 7.51. The molecule has 96 valence electrons. The Morgan fingerprint density at radius 3 is 2.67 bits per heavy atom. The molecule has 4 heteroatoms. The first-order valence-corrected chi connectivity index (χ1v) is 6.01. The summed E-state index contributed by atoms with van der Waals surface area (Å²) in [6.45, 7) is 6.06. The van der Waals surface area contributed by atoms with Crippen LogP contribution in [0.5, 0.6) is 0 Å². The van der Waals surface area contributed by atoms with E-state index in [1.165, 1.54) is 0 Å². The number of benzene rings is 1. The van der Waals surface area contributed by atoms with Gasteiger partial charge in [-0.15, -0.1) is 0 Å². The fourth-order valence-electron chi connectivity index (χ4n) is 1.83. The predicted molar refractivity (Wildman–Crippen MR) is 71.9 cm³/mol. The van der Waals surface area contributed by atoms with Crippen molar-refractivity contribution in [1.82, 2.24) is 0 Å². The lowest BCUT2D eigenvalue weighted by atomic mass is 9.95. The SMILES string of the molecule is Cc1cccc(NC(=O)C(CN)C(C)C)c1C#N. The number of nitrogens with two attached hydrogens (primary N) is 1. The van der Waals surface area contributed by atoms with Crippen molar-refractivity contribution >= 4 is 11.6 Å². The van der Waals surface area contributed by atoms with Crippen molar-refractivity contribution in [3.63, 3.8) is 0 Å². The van der Waals surface area contributed by atoms with Gasteiger partial charge in [0.25, 0.3) is 0 Å². The third kappa shape index (κ3) is 3.08. The quantitative estimate of drug-likeness (QED) is 0.852. The number of aryl methyl sites for hydroxylation is 1. The molecule has 0 saturated carbocycles. The molecule has 0 heterocycles. The lowest BCUT2D eigenvalue weighted by Crippen LogP contribution is -2.33. The molecule has 3 N–H and O–H groups in total. The second-order valence-corrected chi connectivity index (χ2v) is 4.68. The van der Waals surface area contributed by atoms with Gasteiger partial charge in [-0.25, -0.2) is 0 Å². The van der Waals surface area contributed by atoms with Crippen molar-refractivity contribution in [3.05, 3.63) is 29.3 Å². The summed E-state index contributed by atoms with van der Waals surface area (Å²) in [5.74, 6) is -0.197. The van der Waals surface area contributed by atoms with Crippen molar-refractivity contribution < 1.29 is 4.79 Å². The number of amides is 1. The molecule has 1 atom stereocenters. The normalized spacial score (nSPS) is 12.0. The lowest BCUT2D eigenvalue weighted by Gasteiger charge is -2.19. The van der Waals surface area contributed by atoms with Crippen molar-refractivity contribution in [1.29, 1.82) is 5.26 Å². The number of hydrogen-bond donors (Lipinski definition) is 2. The van der Waals surface area contributed by atoms with E-state index in [9.17, 15) is 4.79 Å². The van der Waals surface area contributed by atoms with Crippen molar-refractivity contribution in [2.45, 2.75) is 20.8 Å². The summed E-state index contributed by atoms with van der Waals surface area (Å²) in [5.41, 5.74) is 7.52. The van der Waals surface area contributed by atoms with Gasteiger partial charge >= 0.3 is 0 Å². The molecule has 4 nitrogen and oxygen atoms in total. The first kappa shape index (κ1) is 14.2. The van der Waals surface area contributed by atoms with Gasteiger partial charge in [0.2, 0.25) is 5.91 Å². The topological polar surface area (TPSA) is 78.9 Å². The molecule has 0 aliphatic rings. The molecule has 0 saturated heterocycles. The minimum atomic E-state index is -0.239. The molecule has 18 heavy (non-hydrogen) atoms. The van der Waals surface area contributed by atoms with Crippen LogP contribution in [-0.4, -0.2) is 12.5 Å². The fourth-order valence-corrected chi connectivity index (χ4v) is 1.83. The summed E-state index contributed by atoms with van der Waals surface area (Å²) in [6.07, 6.45) is 0. The molecule has 1 amide bonds. The van der Waals surface area contributed by atoms with Crippen LogP contribution in [0.25, 0.3) is 0 Å². The smallest absolute Gasteiger partial charge is 0.229 e. The van der Waals surface area contributed by atoms with E-state index < -0.39 is 0 Å². The van der Waals surface area contributed by atoms with Crippen LogP contribution < -0.4 is 11.1 Å². The van der Waals surface area contributed by atoms with Gasteiger partial charge in [-0.1, -0.05) is 26.0 Å². The van der Waals surface area contributed by atoms with Crippen LogP contribution >= 0.6 is 0 Å². The lowest BCUT2D eigenvalue weighted by molar-refractivity contribution is -0.120. The van der Waals surface area contributed by atoms with Crippen LogP contribution in [0, 0.1) is 30.1 Å². The maximum absolute atomic E-state index is 12.1. The van der Waals surface area contributed by atoms with E-state index in [0.717, 1.165) is 5.56 Å². The van der Waals surface area contributed by atoms with Gasteiger partial charge in [-0.05, 0) is 24.5 Å². The number of nitrogens with zero attached hydrogens (tertiary/aromatic N) is 1. The second-order valence-electron chi connectivity index (χ2n) is 4.68. The third-order valence-electron chi connectivity index (χ3n) is 3.04. The zero-order chi connectivity index (χ0) is 13.7. The monoisotopic (exact) mass is 245 g/mol. The standard InChI is InChI=1S/C14H19N3O/c1-9(2)11(7-15)14(18)17-13-6-4-5-10(3)12(13)8-16/h4-6,9,11H,7,15H2,1-3H3,(H,17,18). The zero-order valence-electron chi connectivity index (χ0n) is 11.0. The molecule has 0 aliphatic carbocycles. The first-order valence-electron chi connectivity index (χ1n) is 6.01. The highest BCUT2D eigenvalue weighted by molar-refractivity contribution is 5.94. The Kier molecular flexibility index (Phi) is 4.87. The van der Waals surface area contributed by atoms with E-state index >= 15 is 0 Å². The number of nitrogens with one attached hydrogen (secondary N) is 1. The Labute approximate surface area is 108 Å². The summed E-state index contributed by atoms with van der Waals surface area (Å²) in [5, 5.41) is 11.9.